The molecule has 0 radical (unpaired) electrons. The third-order valence-corrected chi connectivity index (χ3v) is 3.04. The lowest BCUT2D eigenvalue weighted by Crippen LogP contribution is -2.25. The van der Waals surface area contributed by atoms with Crippen molar-refractivity contribution in [3.05, 3.63) is 71.4 Å². The summed E-state index contributed by atoms with van der Waals surface area (Å²) in [6.45, 7) is 1.65. The Kier molecular flexibility index (Phi) is 5.61. The number of rotatable bonds is 6. The van der Waals surface area contributed by atoms with Crippen LogP contribution in [0.25, 0.3) is 6.05 Å². The molecule has 0 spiro atoms. The zero-order chi connectivity index (χ0) is 18.2. The van der Waals surface area contributed by atoms with E-state index in [0.717, 1.165) is 5.56 Å². The van der Waals surface area contributed by atoms with Crippen molar-refractivity contribution >= 4 is 17.9 Å². The number of ether oxygens (including phenoxy) is 2. The van der Waals surface area contributed by atoms with Gasteiger partial charge in [0.1, 0.15) is 18.1 Å². The Labute approximate surface area is 142 Å². The molecule has 2 aromatic carbocycles. The Bertz CT molecular complexity index is 787. The van der Waals surface area contributed by atoms with Crippen LogP contribution in [0.2, 0.25) is 0 Å². The molecule has 0 bridgehead atoms. The molecule has 0 aliphatic rings. The summed E-state index contributed by atoms with van der Waals surface area (Å²) in [4.78, 5) is 23.1. The van der Waals surface area contributed by atoms with E-state index in [-0.39, 0.29) is 11.7 Å². The van der Waals surface area contributed by atoms with Gasteiger partial charge in [-0.15, -0.1) is 0 Å². The van der Waals surface area contributed by atoms with Crippen LogP contribution in [0, 0.1) is 0 Å². The van der Waals surface area contributed by atoms with Crippen LogP contribution in [-0.4, -0.2) is 19.0 Å². The number of carbonyl (C=O) groups excluding carboxylic acids is 2. The Hall–Kier alpha value is -3.08. The third-order valence-electron chi connectivity index (χ3n) is 3.04. The van der Waals surface area contributed by atoms with Gasteiger partial charge < -0.3 is 14.8 Å². The zero-order valence-corrected chi connectivity index (χ0v) is 13.5. The highest BCUT2D eigenvalue weighted by Gasteiger charge is 2.11. The minimum atomic E-state index is -0.782. The normalized spacial score (nSPS) is 11.8. The first-order chi connectivity index (χ1) is 12.0. The number of nitrogens with one attached hydrogen (secondary N) is 1. The fraction of sp³-hybridized carbons (Fsp3) is 0.158. The molecule has 24 heavy (non-hydrogen) atoms. The Morgan fingerprint density at radius 1 is 1.17 bits per heavy atom. The molecule has 5 nitrogen and oxygen atoms in total. The molecule has 2 aromatic rings. The molecule has 0 aliphatic heterocycles. The van der Waals surface area contributed by atoms with Crippen LogP contribution in [0.5, 0.6) is 5.75 Å². The summed E-state index contributed by atoms with van der Waals surface area (Å²) in [6, 6.07) is 16.3. The summed E-state index contributed by atoms with van der Waals surface area (Å²) >= 11 is 0. The van der Waals surface area contributed by atoms with Gasteiger partial charge in [-0.3, -0.25) is 4.79 Å². The van der Waals surface area contributed by atoms with E-state index in [1.165, 1.54) is 14.0 Å². The van der Waals surface area contributed by atoms with Gasteiger partial charge >= 0.3 is 5.97 Å². The van der Waals surface area contributed by atoms with E-state index >= 15 is 0 Å². The molecular weight excluding hydrogens is 306 g/mol. The molecular formula is C19H19NO4. The highest BCUT2D eigenvalue weighted by atomic mass is 16.5. The van der Waals surface area contributed by atoms with Gasteiger partial charge in [0.2, 0.25) is 5.91 Å². The van der Waals surface area contributed by atoms with Crippen LogP contribution in [0.1, 0.15) is 19.4 Å². The van der Waals surface area contributed by atoms with Crippen LogP contribution in [-0.2, 0) is 20.9 Å². The molecule has 2 rings (SSSR count). The first kappa shape index (κ1) is 15.8. The fourth-order valence-electron chi connectivity index (χ4n) is 1.96. The average Bonchev–Trinajstić information content (AvgIpc) is 2.64. The summed E-state index contributed by atoms with van der Waals surface area (Å²) in [6.07, 6.45) is 0. The quantitative estimate of drug-likeness (QED) is 0.655. The monoisotopic (exact) mass is 326 g/mol. The number of hydrogen-bond acceptors (Lipinski definition) is 4. The van der Waals surface area contributed by atoms with Crippen LogP contribution in [0.15, 0.2) is 60.3 Å². The molecule has 124 valence electrons. The van der Waals surface area contributed by atoms with Crippen LogP contribution >= 0.6 is 0 Å². The molecule has 0 fully saturated rings. The van der Waals surface area contributed by atoms with E-state index in [4.69, 9.17) is 6.11 Å². The maximum Gasteiger partial charge on any atom is 0.354 e. The predicted octanol–water partition coefficient (Wildman–Crippen LogP) is 2.92. The van der Waals surface area contributed by atoms with Crippen LogP contribution < -0.4 is 10.1 Å². The Morgan fingerprint density at radius 3 is 2.58 bits per heavy atom. The van der Waals surface area contributed by atoms with Gasteiger partial charge in [-0.05, 0) is 29.3 Å². The average molecular weight is 326 g/mol. The SMILES string of the molecule is [2H]C(=C(NC(C)=O)C(=O)OC)c1cccc(OCc2ccccc2)c1. The molecule has 0 heterocycles. The van der Waals surface area contributed by atoms with E-state index in [1.807, 2.05) is 30.3 Å². The van der Waals surface area contributed by atoms with E-state index in [2.05, 4.69) is 10.1 Å². The maximum absolute atomic E-state index is 11.8. The first-order valence-corrected chi connectivity index (χ1v) is 7.35. The van der Waals surface area contributed by atoms with E-state index in [0.29, 0.717) is 17.9 Å². The minimum absolute atomic E-state index is 0.146. The molecule has 0 saturated carbocycles. The molecule has 0 unspecified atom stereocenters. The van der Waals surface area contributed by atoms with Gasteiger partial charge in [0.25, 0.3) is 0 Å². The van der Waals surface area contributed by atoms with Crippen LogP contribution in [0.3, 0.4) is 0 Å². The summed E-state index contributed by atoms with van der Waals surface area (Å²) in [5, 5.41) is 2.34. The summed E-state index contributed by atoms with van der Waals surface area (Å²) in [5.74, 6) is -0.685. The second-order valence-corrected chi connectivity index (χ2v) is 4.97. The van der Waals surface area contributed by atoms with Gasteiger partial charge in [-0.25, -0.2) is 4.79 Å². The van der Waals surface area contributed by atoms with Crippen molar-refractivity contribution in [2.75, 3.05) is 7.11 Å². The lowest BCUT2D eigenvalue weighted by Gasteiger charge is -2.08. The Morgan fingerprint density at radius 2 is 1.92 bits per heavy atom. The number of methoxy groups -OCH3 is 1. The number of benzene rings is 2. The van der Waals surface area contributed by atoms with Crippen molar-refractivity contribution in [1.29, 1.82) is 0 Å². The molecule has 5 heteroatoms. The molecule has 0 atom stereocenters. The molecule has 0 aromatic heterocycles. The largest absolute Gasteiger partial charge is 0.489 e. The summed E-state index contributed by atoms with van der Waals surface area (Å²) in [5.41, 5.74) is 1.23. The van der Waals surface area contributed by atoms with Gasteiger partial charge in [0, 0.05) is 6.92 Å². The predicted molar refractivity (Wildman–Crippen MR) is 91.0 cm³/mol. The van der Waals surface area contributed by atoms with Crippen molar-refractivity contribution in [1.82, 2.24) is 5.32 Å². The highest BCUT2D eigenvalue weighted by molar-refractivity contribution is 5.97. The number of amides is 1. The second kappa shape index (κ2) is 8.53. The van der Waals surface area contributed by atoms with E-state index in [1.54, 1.807) is 24.3 Å². The molecule has 0 aliphatic carbocycles. The van der Waals surface area contributed by atoms with Gasteiger partial charge in [0.05, 0.1) is 8.48 Å². The topological polar surface area (TPSA) is 64.6 Å². The van der Waals surface area contributed by atoms with Crippen molar-refractivity contribution in [2.24, 2.45) is 0 Å². The van der Waals surface area contributed by atoms with Crippen molar-refractivity contribution in [3.8, 4) is 5.75 Å². The lowest BCUT2D eigenvalue weighted by atomic mass is 10.1. The standard InChI is InChI=1S/C19H19NO4/c1-14(21)20-18(19(22)23-2)12-16-9-6-10-17(11-16)24-13-15-7-4-3-5-8-15/h3-12H,13H2,1-2H3,(H,20,21)/i12D. The number of hydrogen-bond donors (Lipinski definition) is 1. The van der Waals surface area contributed by atoms with Gasteiger partial charge in [0.15, 0.2) is 0 Å². The first-order valence-electron chi connectivity index (χ1n) is 7.85. The number of carbonyl (C=O) groups is 2. The highest BCUT2D eigenvalue weighted by Crippen LogP contribution is 2.17. The molecule has 1 amide bonds. The van der Waals surface area contributed by atoms with Gasteiger partial charge in [-0.1, -0.05) is 42.5 Å². The number of esters is 1. The van der Waals surface area contributed by atoms with Crippen molar-refractivity contribution < 1.29 is 20.4 Å². The third kappa shape index (κ3) is 5.28. The van der Waals surface area contributed by atoms with Crippen molar-refractivity contribution in [2.45, 2.75) is 13.5 Å². The maximum atomic E-state index is 11.8. The second-order valence-electron chi connectivity index (χ2n) is 4.97. The molecule has 1 N–H and O–H groups in total. The van der Waals surface area contributed by atoms with Crippen molar-refractivity contribution in [3.63, 3.8) is 0 Å². The minimum Gasteiger partial charge on any atom is -0.489 e. The van der Waals surface area contributed by atoms with Crippen LogP contribution in [0.4, 0.5) is 0 Å². The summed E-state index contributed by atoms with van der Waals surface area (Å²) in [7, 11) is 1.19. The lowest BCUT2D eigenvalue weighted by molar-refractivity contribution is -0.137. The van der Waals surface area contributed by atoms with E-state index in [9.17, 15) is 9.59 Å². The molecule has 0 saturated heterocycles. The smallest absolute Gasteiger partial charge is 0.354 e. The van der Waals surface area contributed by atoms with Gasteiger partial charge in [-0.2, -0.15) is 0 Å². The summed E-state index contributed by atoms with van der Waals surface area (Å²) < 4.78 is 18.5. The Balaban J connectivity index is 2.24. The fourth-order valence-corrected chi connectivity index (χ4v) is 1.96. The zero-order valence-electron chi connectivity index (χ0n) is 14.5. The van der Waals surface area contributed by atoms with E-state index < -0.39 is 11.9 Å².